The van der Waals surface area contributed by atoms with Gasteiger partial charge in [0.05, 0.1) is 11.3 Å². The molecule has 0 aliphatic rings. The molecule has 0 saturated carbocycles. The van der Waals surface area contributed by atoms with Crippen LogP contribution in [0.3, 0.4) is 0 Å². The SMILES string of the molecule is Cc1cc(F)ccc1NC(=O)c1cc(N)c(F)cc1F. The Hall–Kier alpha value is -2.50. The molecule has 0 bridgehead atoms. The smallest absolute Gasteiger partial charge is 0.258 e. The zero-order valence-electron chi connectivity index (χ0n) is 10.5. The van der Waals surface area contributed by atoms with Gasteiger partial charge in [-0.1, -0.05) is 0 Å². The number of nitrogen functional groups attached to an aromatic ring is 1. The van der Waals surface area contributed by atoms with Crippen molar-refractivity contribution < 1.29 is 18.0 Å². The quantitative estimate of drug-likeness (QED) is 0.830. The monoisotopic (exact) mass is 280 g/mol. The Morgan fingerprint density at radius 1 is 1.10 bits per heavy atom. The van der Waals surface area contributed by atoms with Crippen LogP contribution in [0.25, 0.3) is 0 Å². The van der Waals surface area contributed by atoms with Crippen LogP contribution >= 0.6 is 0 Å². The van der Waals surface area contributed by atoms with E-state index in [-0.39, 0.29) is 11.3 Å². The van der Waals surface area contributed by atoms with Gasteiger partial charge < -0.3 is 11.1 Å². The lowest BCUT2D eigenvalue weighted by Gasteiger charge is -2.10. The summed E-state index contributed by atoms with van der Waals surface area (Å²) >= 11 is 0. The summed E-state index contributed by atoms with van der Waals surface area (Å²) in [7, 11) is 0. The number of aryl methyl sites for hydroxylation is 1. The van der Waals surface area contributed by atoms with Crippen molar-refractivity contribution in [2.24, 2.45) is 0 Å². The Kier molecular flexibility index (Phi) is 3.65. The molecule has 3 nitrogen and oxygen atoms in total. The lowest BCUT2D eigenvalue weighted by atomic mass is 10.1. The Morgan fingerprint density at radius 3 is 2.45 bits per heavy atom. The topological polar surface area (TPSA) is 55.1 Å². The molecule has 0 fully saturated rings. The highest BCUT2D eigenvalue weighted by Gasteiger charge is 2.16. The first-order chi connectivity index (χ1) is 9.38. The molecule has 0 aliphatic heterocycles. The van der Waals surface area contributed by atoms with E-state index in [4.69, 9.17) is 5.73 Å². The lowest BCUT2D eigenvalue weighted by molar-refractivity contribution is 0.102. The maximum Gasteiger partial charge on any atom is 0.258 e. The van der Waals surface area contributed by atoms with Crippen LogP contribution in [0.4, 0.5) is 24.5 Å². The number of nitrogens with one attached hydrogen (secondary N) is 1. The number of anilines is 2. The number of hydrogen-bond acceptors (Lipinski definition) is 2. The molecule has 2 rings (SSSR count). The largest absolute Gasteiger partial charge is 0.396 e. The van der Waals surface area contributed by atoms with Crippen molar-refractivity contribution in [1.29, 1.82) is 0 Å². The number of carbonyl (C=O) groups is 1. The normalized spacial score (nSPS) is 10.4. The Balaban J connectivity index is 2.31. The lowest BCUT2D eigenvalue weighted by Crippen LogP contribution is -2.15. The number of nitrogens with two attached hydrogens (primary N) is 1. The molecule has 0 heterocycles. The van der Waals surface area contributed by atoms with Crippen LogP contribution < -0.4 is 11.1 Å². The van der Waals surface area contributed by atoms with Gasteiger partial charge in [-0.2, -0.15) is 0 Å². The van der Waals surface area contributed by atoms with Gasteiger partial charge >= 0.3 is 0 Å². The average molecular weight is 280 g/mol. The molecule has 3 N–H and O–H groups in total. The van der Waals surface area contributed by atoms with E-state index >= 15 is 0 Å². The zero-order valence-corrected chi connectivity index (χ0v) is 10.5. The standard InChI is InChI=1S/C14H11F3N2O/c1-7-4-8(15)2-3-13(7)19-14(20)9-5-12(18)11(17)6-10(9)16/h2-6H,18H2,1H3,(H,19,20). The molecule has 0 spiro atoms. The number of hydrogen-bond donors (Lipinski definition) is 2. The Morgan fingerprint density at radius 2 is 1.80 bits per heavy atom. The molecule has 0 radical (unpaired) electrons. The summed E-state index contributed by atoms with van der Waals surface area (Å²) in [6.45, 7) is 1.59. The number of carbonyl (C=O) groups excluding carboxylic acids is 1. The predicted molar refractivity (Wildman–Crippen MR) is 69.9 cm³/mol. The summed E-state index contributed by atoms with van der Waals surface area (Å²) in [4.78, 5) is 11.9. The summed E-state index contributed by atoms with van der Waals surface area (Å²) in [6, 6.07) is 5.21. The highest BCUT2D eigenvalue weighted by atomic mass is 19.1. The van der Waals surface area contributed by atoms with Crippen molar-refractivity contribution in [3.63, 3.8) is 0 Å². The molecule has 6 heteroatoms. The second-order valence-corrected chi connectivity index (χ2v) is 4.27. The maximum absolute atomic E-state index is 13.5. The highest BCUT2D eigenvalue weighted by molar-refractivity contribution is 6.05. The molecule has 0 unspecified atom stereocenters. The second kappa shape index (κ2) is 5.24. The van der Waals surface area contributed by atoms with Gasteiger partial charge in [0.2, 0.25) is 0 Å². The van der Waals surface area contributed by atoms with E-state index in [1.165, 1.54) is 12.1 Å². The number of rotatable bonds is 2. The molecule has 0 atom stereocenters. The number of amides is 1. The van der Waals surface area contributed by atoms with Crippen LogP contribution in [0.15, 0.2) is 30.3 Å². The third-order valence-corrected chi connectivity index (χ3v) is 2.77. The van der Waals surface area contributed by atoms with Gasteiger partial charge in [0.15, 0.2) is 0 Å². The molecule has 20 heavy (non-hydrogen) atoms. The summed E-state index contributed by atoms with van der Waals surface area (Å²) < 4.78 is 39.5. The van der Waals surface area contributed by atoms with E-state index < -0.39 is 23.4 Å². The molecule has 0 aliphatic carbocycles. The second-order valence-electron chi connectivity index (χ2n) is 4.27. The van der Waals surface area contributed by atoms with Gasteiger partial charge in [0.1, 0.15) is 17.5 Å². The molecular weight excluding hydrogens is 269 g/mol. The van der Waals surface area contributed by atoms with Crippen molar-refractivity contribution in [3.8, 4) is 0 Å². The summed E-state index contributed by atoms with van der Waals surface area (Å²) in [5, 5.41) is 2.42. The molecule has 2 aromatic rings. The molecule has 104 valence electrons. The number of benzene rings is 2. The fraction of sp³-hybridized carbons (Fsp3) is 0.0714. The van der Waals surface area contributed by atoms with Crippen molar-refractivity contribution in [3.05, 3.63) is 58.9 Å². The molecular formula is C14H11F3N2O. The minimum Gasteiger partial charge on any atom is -0.396 e. The zero-order chi connectivity index (χ0) is 14.9. The van der Waals surface area contributed by atoms with Crippen LogP contribution in [-0.4, -0.2) is 5.91 Å². The summed E-state index contributed by atoms with van der Waals surface area (Å²) in [5.41, 5.74) is 5.40. The number of halogens is 3. The van der Waals surface area contributed by atoms with Crippen molar-refractivity contribution >= 4 is 17.3 Å². The van der Waals surface area contributed by atoms with Gasteiger partial charge in [0, 0.05) is 11.8 Å². The first-order valence-corrected chi connectivity index (χ1v) is 5.70. The van der Waals surface area contributed by atoms with Crippen molar-refractivity contribution in [1.82, 2.24) is 0 Å². The van der Waals surface area contributed by atoms with Crippen molar-refractivity contribution in [2.45, 2.75) is 6.92 Å². The fourth-order valence-electron chi connectivity index (χ4n) is 1.70. The van der Waals surface area contributed by atoms with E-state index in [0.717, 1.165) is 12.1 Å². The van der Waals surface area contributed by atoms with E-state index in [0.29, 0.717) is 17.3 Å². The van der Waals surface area contributed by atoms with Crippen LogP contribution in [0.2, 0.25) is 0 Å². The van der Waals surface area contributed by atoms with Crippen molar-refractivity contribution in [2.75, 3.05) is 11.1 Å². The predicted octanol–water partition coefficient (Wildman–Crippen LogP) is 3.25. The van der Waals surface area contributed by atoms with E-state index in [1.807, 2.05) is 0 Å². The summed E-state index contributed by atoms with van der Waals surface area (Å²) in [6.07, 6.45) is 0. The minimum atomic E-state index is -1.02. The third kappa shape index (κ3) is 2.74. The average Bonchev–Trinajstić information content (AvgIpc) is 2.37. The van der Waals surface area contributed by atoms with Gasteiger partial charge in [-0.3, -0.25) is 4.79 Å². The molecule has 1 amide bonds. The first kappa shape index (κ1) is 13.9. The van der Waals surface area contributed by atoms with Gasteiger partial charge in [-0.15, -0.1) is 0 Å². The minimum absolute atomic E-state index is 0.327. The van der Waals surface area contributed by atoms with E-state index in [9.17, 15) is 18.0 Å². The third-order valence-electron chi connectivity index (χ3n) is 2.77. The molecule has 2 aromatic carbocycles. The Labute approximate surface area is 113 Å². The Bertz CT molecular complexity index is 686. The molecule has 0 aromatic heterocycles. The van der Waals surface area contributed by atoms with Crippen LogP contribution in [0.5, 0.6) is 0 Å². The van der Waals surface area contributed by atoms with Crippen LogP contribution in [-0.2, 0) is 0 Å². The van der Waals surface area contributed by atoms with Gasteiger partial charge in [0.25, 0.3) is 5.91 Å². The summed E-state index contributed by atoms with van der Waals surface area (Å²) in [5.74, 6) is -3.19. The first-order valence-electron chi connectivity index (χ1n) is 5.70. The van der Waals surface area contributed by atoms with E-state index in [1.54, 1.807) is 6.92 Å². The molecule has 0 saturated heterocycles. The van der Waals surface area contributed by atoms with Crippen LogP contribution in [0.1, 0.15) is 15.9 Å². The van der Waals surface area contributed by atoms with E-state index in [2.05, 4.69) is 5.32 Å². The van der Waals surface area contributed by atoms with Gasteiger partial charge in [-0.25, -0.2) is 13.2 Å². The fourth-order valence-corrected chi connectivity index (χ4v) is 1.70. The highest BCUT2D eigenvalue weighted by Crippen LogP contribution is 2.20. The van der Waals surface area contributed by atoms with Gasteiger partial charge in [-0.05, 0) is 36.8 Å². The van der Waals surface area contributed by atoms with Crippen LogP contribution in [0, 0.1) is 24.4 Å². The maximum atomic E-state index is 13.5.